The summed E-state index contributed by atoms with van der Waals surface area (Å²) in [5, 5.41) is 9.74. The molecule has 2 aromatic rings. The van der Waals surface area contributed by atoms with E-state index in [1.54, 1.807) is 0 Å². The Bertz CT molecular complexity index is 718. The molecule has 0 spiro atoms. The van der Waals surface area contributed by atoms with E-state index in [0.29, 0.717) is 6.61 Å². The average molecular weight is 274 g/mol. The third-order valence-corrected chi connectivity index (χ3v) is 3.70. The molecule has 3 rings (SSSR count). The molecule has 0 radical (unpaired) electrons. The molecular formula is C14H14N2O4. The number of nitrogens with zero attached hydrogens (tertiary/aromatic N) is 1. The SMILES string of the molecule is O=c1ccn([C@@]2(CO)OCC2c2ccccc2)c(=O)[nH]1. The second kappa shape index (κ2) is 4.73. The fraction of sp³-hybridized carbons (Fsp3) is 0.286. The number of aromatic nitrogens is 2. The summed E-state index contributed by atoms with van der Waals surface area (Å²) in [6, 6.07) is 10.8. The first kappa shape index (κ1) is 12.8. The van der Waals surface area contributed by atoms with Gasteiger partial charge >= 0.3 is 5.69 Å². The molecule has 20 heavy (non-hydrogen) atoms. The van der Waals surface area contributed by atoms with Gasteiger partial charge in [-0.15, -0.1) is 0 Å². The monoisotopic (exact) mass is 274 g/mol. The normalized spacial score (nSPS) is 25.1. The van der Waals surface area contributed by atoms with Crippen molar-refractivity contribution in [2.24, 2.45) is 0 Å². The Labute approximate surface area is 114 Å². The third-order valence-electron chi connectivity index (χ3n) is 3.70. The number of aliphatic hydroxyl groups excluding tert-OH is 1. The van der Waals surface area contributed by atoms with Gasteiger partial charge in [0.15, 0.2) is 5.72 Å². The number of aromatic amines is 1. The molecule has 1 unspecified atom stereocenters. The van der Waals surface area contributed by atoms with Crippen molar-refractivity contribution in [3.05, 3.63) is 69.0 Å². The molecule has 2 atom stereocenters. The molecule has 2 heterocycles. The highest BCUT2D eigenvalue weighted by atomic mass is 16.6. The van der Waals surface area contributed by atoms with Crippen LogP contribution in [0.4, 0.5) is 0 Å². The molecule has 6 nitrogen and oxygen atoms in total. The Morgan fingerprint density at radius 2 is 2.05 bits per heavy atom. The summed E-state index contributed by atoms with van der Waals surface area (Å²) in [6.45, 7) is 0.0641. The number of aliphatic hydroxyl groups is 1. The molecule has 2 N–H and O–H groups in total. The molecule has 1 aliphatic rings. The van der Waals surface area contributed by atoms with Crippen LogP contribution in [0.3, 0.4) is 0 Å². The van der Waals surface area contributed by atoms with Gasteiger partial charge in [-0.1, -0.05) is 30.3 Å². The lowest BCUT2D eigenvalue weighted by atomic mass is 9.84. The third kappa shape index (κ3) is 1.81. The van der Waals surface area contributed by atoms with E-state index >= 15 is 0 Å². The summed E-state index contributed by atoms with van der Waals surface area (Å²) in [5.74, 6) is -0.141. The van der Waals surface area contributed by atoms with Crippen molar-refractivity contribution >= 4 is 0 Å². The zero-order valence-electron chi connectivity index (χ0n) is 10.7. The number of hydrogen-bond donors (Lipinski definition) is 2. The lowest BCUT2D eigenvalue weighted by Gasteiger charge is -2.48. The van der Waals surface area contributed by atoms with Crippen LogP contribution in [-0.4, -0.2) is 27.9 Å². The standard InChI is InChI=1S/C14H14N2O4/c17-9-14(16-7-6-12(18)15-13(16)19)11(8-20-14)10-4-2-1-3-5-10/h1-7,11,17H,8-9H2,(H,15,18,19)/t11?,14-/m0/s1. The van der Waals surface area contributed by atoms with E-state index in [0.717, 1.165) is 5.56 Å². The van der Waals surface area contributed by atoms with E-state index in [4.69, 9.17) is 4.74 Å². The van der Waals surface area contributed by atoms with Gasteiger partial charge in [0.25, 0.3) is 5.56 Å². The van der Waals surface area contributed by atoms with Crippen LogP contribution in [0, 0.1) is 0 Å². The number of H-pyrrole nitrogens is 1. The Kier molecular flexibility index (Phi) is 3.04. The van der Waals surface area contributed by atoms with Crippen LogP contribution < -0.4 is 11.2 Å². The van der Waals surface area contributed by atoms with Gasteiger partial charge < -0.3 is 9.84 Å². The van der Waals surface area contributed by atoms with E-state index < -0.39 is 17.0 Å². The summed E-state index contributed by atoms with van der Waals surface area (Å²) in [6.07, 6.45) is 1.35. The largest absolute Gasteiger partial charge is 0.391 e. The summed E-state index contributed by atoms with van der Waals surface area (Å²) in [5.41, 5.74) is -1.24. The van der Waals surface area contributed by atoms with Crippen molar-refractivity contribution in [3.8, 4) is 0 Å². The van der Waals surface area contributed by atoms with Crippen molar-refractivity contribution < 1.29 is 9.84 Å². The van der Waals surface area contributed by atoms with E-state index in [2.05, 4.69) is 4.98 Å². The molecule has 1 aromatic carbocycles. The number of nitrogens with one attached hydrogen (secondary N) is 1. The Morgan fingerprint density at radius 3 is 2.60 bits per heavy atom. The van der Waals surface area contributed by atoms with Gasteiger partial charge in [-0.3, -0.25) is 14.3 Å². The highest BCUT2D eigenvalue weighted by Gasteiger charge is 2.51. The fourth-order valence-corrected chi connectivity index (χ4v) is 2.59. The van der Waals surface area contributed by atoms with Gasteiger partial charge in [0.1, 0.15) is 0 Å². The lowest BCUT2D eigenvalue weighted by Crippen LogP contribution is -2.60. The molecule has 1 aromatic heterocycles. The molecule has 1 fully saturated rings. The van der Waals surface area contributed by atoms with E-state index in [-0.39, 0.29) is 12.5 Å². The fourth-order valence-electron chi connectivity index (χ4n) is 2.59. The van der Waals surface area contributed by atoms with Gasteiger partial charge in [-0.25, -0.2) is 4.79 Å². The van der Waals surface area contributed by atoms with E-state index in [1.807, 2.05) is 30.3 Å². The summed E-state index contributed by atoms with van der Waals surface area (Å²) >= 11 is 0. The zero-order valence-corrected chi connectivity index (χ0v) is 10.7. The van der Waals surface area contributed by atoms with Crippen molar-refractivity contribution in [1.29, 1.82) is 0 Å². The van der Waals surface area contributed by atoms with Crippen molar-refractivity contribution in [3.63, 3.8) is 0 Å². The molecule has 0 aliphatic carbocycles. The van der Waals surface area contributed by atoms with Gasteiger partial charge in [0, 0.05) is 12.3 Å². The Morgan fingerprint density at radius 1 is 1.30 bits per heavy atom. The lowest BCUT2D eigenvalue weighted by molar-refractivity contribution is -0.248. The zero-order chi connectivity index (χ0) is 14.2. The Hall–Kier alpha value is -2.18. The number of benzene rings is 1. The molecule has 1 saturated heterocycles. The molecule has 6 heteroatoms. The Balaban J connectivity index is 2.08. The first-order valence-corrected chi connectivity index (χ1v) is 6.29. The van der Waals surface area contributed by atoms with Crippen molar-refractivity contribution in [1.82, 2.24) is 9.55 Å². The second-order valence-corrected chi connectivity index (χ2v) is 4.76. The predicted molar refractivity (Wildman–Crippen MR) is 71.5 cm³/mol. The first-order chi connectivity index (χ1) is 9.67. The maximum Gasteiger partial charge on any atom is 0.330 e. The maximum atomic E-state index is 11.9. The smallest absolute Gasteiger partial charge is 0.330 e. The molecule has 0 amide bonds. The number of ether oxygens (including phenoxy) is 1. The highest BCUT2D eigenvalue weighted by molar-refractivity contribution is 5.25. The second-order valence-electron chi connectivity index (χ2n) is 4.76. The summed E-state index contributed by atoms with van der Waals surface area (Å²) < 4.78 is 6.78. The van der Waals surface area contributed by atoms with Crippen LogP contribution in [0.5, 0.6) is 0 Å². The van der Waals surface area contributed by atoms with Crippen LogP contribution in [-0.2, 0) is 10.5 Å². The van der Waals surface area contributed by atoms with Crippen LogP contribution in [0.1, 0.15) is 11.5 Å². The minimum Gasteiger partial charge on any atom is -0.391 e. The number of hydrogen-bond acceptors (Lipinski definition) is 4. The van der Waals surface area contributed by atoms with Crippen LogP contribution in [0.25, 0.3) is 0 Å². The highest BCUT2D eigenvalue weighted by Crippen LogP contribution is 2.43. The van der Waals surface area contributed by atoms with Gasteiger partial charge in [-0.05, 0) is 5.56 Å². The van der Waals surface area contributed by atoms with Crippen molar-refractivity contribution in [2.45, 2.75) is 11.6 Å². The quantitative estimate of drug-likeness (QED) is 0.825. The first-order valence-electron chi connectivity index (χ1n) is 6.29. The van der Waals surface area contributed by atoms with Gasteiger partial charge in [-0.2, -0.15) is 0 Å². The van der Waals surface area contributed by atoms with E-state index in [9.17, 15) is 14.7 Å². The van der Waals surface area contributed by atoms with Crippen LogP contribution in [0.2, 0.25) is 0 Å². The minimum atomic E-state index is -1.15. The summed E-state index contributed by atoms with van der Waals surface area (Å²) in [7, 11) is 0. The van der Waals surface area contributed by atoms with Gasteiger partial charge in [0.2, 0.25) is 0 Å². The van der Waals surface area contributed by atoms with Crippen molar-refractivity contribution in [2.75, 3.05) is 13.2 Å². The molecular weight excluding hydrogens is 260 g/mol. The summed E-state index contributed by atoms with van der Waals surface area (Å²) in [4.78, 5) is 25.3. The predicted octanol–water partition coefficient (Wildman–Crippen LogP) is -0.00430. The molecule has 1 aliphatic heterocycles. The molecule has 0 bridgehead atoms. The minimum absolute atomic E-state index is 0.141. The van der Waals surface area contributed by atoms with E-state index in [1.165, 1.54) is 16.8 Å². The average Bonchev–Trinajstić information content (AvgIpc) is 2.42. The molecule has 0 saturated carbocycles. The number of rotatable bonds is 3. The maximum absolute atomic E-state index is 11.9. The molecule has 104 valence electrons. The van der Waals surface area contributed by atoms with Crippen LogP contribution >= 0.6 is 0 Å². The topological polar surface area (TPSA) is 84.3 Å². The van der Waals surface area contributed by atoms with Crippen LogP contribution in [0.15, 0.2) is 52.2 Å². The van der Waals surface area contributed by atoms with Gasteiger partial charge in [0.05, 0.1) is 19.1 Å².